The van der Waals surface area contributed by atoms with E-state index < -0.39 is 0 Å². The molecule has 2 bridgehead atoms. The fourth-order valence-electron chi connectivity index (χ4n) is 3.73. The Labute approximate surface area is 105 Å². The molecule has 1 aromatic carbocycles. The van der Waals surface area contributed by atoms with E-state index in [1.807, 2.05) is 30.3 Å². The molecule has 0 spiro atoms. The first-order chi connectivity index (χ1) is 8.77. The van der Waals surface area contributed by atoms with Crippen molar-refractivity contribution in [1.82, 2.24) is 0 Å². The van der Waals surface area contributed by atoms with E-state index in [4.69, 9.17) is 0 Å². The molecule has 4 atom stereocenters. The Kier molecular flexibility index (Phi) is 1.85. The molecule has 1 aromatic rings. The highest BCUT2D eigenvalue weighted by atomic mass is 16.2. The molecular formula is C15H13NO2. The molecule has 1 aliphatic heterocycles. The number of amides is 2. The van der Waals surface area contributed by atoms with Gasteiger partial charge in [0, 0.05) is 0 Å². The largest absolute Gasteiger partial charge is 0.274 e. The average Bonchev–Trinajstić information content (AvgIpc) is 3.05. The fourth-order valence-corrected chi connectivity index (χ4v) is 3.73. The van der Waals surface area contributed by atoms with E-state index in [0.29, 0.717) is 5.69 Å². The minimum atomic E-state index is -0.104. The maximum Gasteiger partial charge on any atom is 0.238 e. The number of anilines is 1. The van der Waals surface area contributed by atoms with Gasteiger partial charge in [0.25, 0.3) is 0 Å². The number of imide groups is 1. The Hall–Kier alpha value is -1.90. The molecule has 90 valence electrons. The van der Waals surface area contributed by atoms with E-state index in [2.05, 4.69) is 12.2 Å². The number of nitrogens with zero attached hydrogens (tertiary/aromatic N) is 1. The molecule has 2 fully saturated rings. The minimum absolute atomic E-state index is 0.00644. The first-order valence-corrected chi connectivity index (χ1v) is 6.38. The number of carbonyl (C=O) groups is 2. The summed E-state index contributed by atoms with van der Waals surface area (Å²) in [6.45, 7) is 0. The van der Waals surface area contributed by atoms with Crippen LogP contribution in [0.25, 0.3) is 0 Å². The van der Waals surface area contributed by atoms with Crippen molar-refractivity contribution >= 4 is 17.5 Å². The first-order valence-electron chi connectivity index (χ1n) is 6.38. The lowest BCUT2D eigenvalue weighted by atomic mass is 9.85. The van der Waals surface area contributed by atoms with Crippen LogP contribution in [0.15, 0.2) is 42.5 Å². The molecule has 3 heteroatoms. The van der Waals surface area contributed by atoms with Crippen LogP contribution in [-0.2, 0) is 9.59 Å². The molecule has 1 saturated carbocycles. The lowest BCUT2D eigenvalue weighted by Gasteiger charge is -2.16. The zero-order valence-corrected chi connectivity index (χ0v) is 9.82. The van der Waals surface area contributed by atoms with Gasteiger partial charge in [0.05, 0.1) is 17.5 Å². The molecule has 3 aliphatic rings. The van der Waals surface area contributed by atoms with Crippen LogP contribution in [0.1, 0.15) is 6.42 Å². The highest BCUT2D eigenvalue weighted by molar-refractivity contribution is 6.22. The zero-order valence-electron chi connectivity index (χ0n) is 9.82. The monoisotopic (exact) mass is 239 g/mol. The average molecular weight is 239 g/mol. The standard InChI is InChI=1S/C15H13NO2/c17-14-12-9-6-7-10(8-9)13(12)15(18)16(14)11-4-2-1-3-5-11/h1-7,9-10,12-13H,8H2/t9-,10+,12-,13?/m1/s1. The molecule has 0 aromatic heterocycles. The van der Waals surface area contributed by atoms with Crippen LogP contribution in [0.4, 0.5) is 5.69 Å². The Morgan fingerprint density at radius 1 is 0.889 bits per heavy atom. The van der Waals surface area contributed by atoms with Crippen molar-refractivity contribution in [2.45, 2.75) is 6.42 Å². The van der Waals surface area contributed by atoms with Crippen LogP contribution in [0, 0.1) is 23.7 Å². The normalized spacial score (nSPS) is 36.6. The minimum Gasteiger partial charge on any atom is -0.274 e. The van der Waals surface area contributed by atoms with Crippen molar-refractivity contribution in [2.75, 3.05) is 4.90 Å². The second-order valence-corrected chi connectivity index (χ2v) is 5.35. The number of allylic oxidation sites excluding steroid dienone is 2. The number of hydrogen-bond acceptors (Lipinski definition) is 2. The smallest absolute Gasteiger partial charge is 0.238 e. The lowest BCUT2D eigenvalue weighted by molar-refractivity contribution is -0.123. The van der Waals surface area contributed by atoms with Crippen molar-refractivity contribution in [3.8, 4) is 0 Å². The number of fused-ring (bicyclic) bond motifs is 5. The topological polar surface area (TPSA) is 37.4 Å². The summed E-state index contributed by atoms with van der Waals surface area (Å²) in [5, 5.41) is 0. The maximum atomic E-state index is 12.5. The number of carbonyl (C=O) groups excluding carboxylic acids is 2. The molecule has 4 rings (SSSR count). The van der Waals surface area contributed by atoms with Crippen LogP contribution in [0.5, 0.6) is 0 Å². The second-order valence-electron chi connectivity index (χ2n) is 5.35. The Morgan fingerprint density at radius 3 is 2.00 bits per heavy atom. The molecule has 1 unspecified atom stereocenters. The van der Waals surface area contributed by atoms with Crippen molar-refractivity contribution in [1.29, 1.82) is 0 Å². The molecule has 1 saturated heterocycles. The Bertz CT molecular complexity index is 533. The van der Waals surface area contributed by atoms with Gasteiger partial charge >= 0.3 is 0 Å². The summed E-state index contributed by atoms with van der Waals surface area (Å²) in [5.41, 5.74) is 0.710. The summed E-state index contributed by atoms with van der Waals surface area (Å²) in [5.74, 6) is 0.344. The van der Waals surface area contributed by atoms with Gasteiger partial charge in [-0.3, -0.25) is 14.5 Å². The number of hydrogen-bond donors (Lipinski definition) is 0. The van der Waals surface area contributed by atoms with Crippen molar-refractivity contribution < 1.29 is 9.59 Å². The third-order valence-electron chi connectivity index (χ3n) is 4.48. The highest BCUT2D eigenvalue weighted by Gasteiger charge is 2.59. The first kappa shape index (κ1) is 10.1. The SMILES string of the molecule is O=C1C2[C@H]3C=C[C@H](C3)[C@H]2C(=O)N1c1ccccc1. The van der Waals surface area contributed by atoms with Crippen LogP contribution in [0.3, 0.4) is 0 Å². The van der Waals surface area contributed by atoms with Gasteiger partial charge in [-0.05, 0) is 30.4 Å². The molecular weight excluding hydrogens is 226 g/mol. The van der Waals surface area contributed by atoms with Gasteiger partial charge in [-0.15, -0.1) is 0 Å². The van der Waals surface area contributed by atoms with Crippen LogP contribution < -0.4 is 4.90 Å². The number of para-hydroxylation sites is 1. The third-order valence-corrected chi connectivity index (χ3v) is 4.48. The predicted molar refractivity (Wildman–Crippen MR) is 66.7 cm³/mol. The summed E-state index contributed by atoms with van der Waals surface area (Å²) < 4.78 is 0. The quantitative estimate of drug-likeness (QED) is 0.555. The maximum absolute atomic E-state index is 12.5. The zero-order chi connectivity index (χ0) is 12.3. The molecule has 0 radical (unpaired) electrons. The summed E-state index contributed by atoms with van der Waals surface area (Å²) in [6.07, 6.45) is 5.21. The number of rotatable bonds is 1. The van der Waals surface area contributed by atoms with Gasteiger partial charge in [-0.25, -0.2) is 0 Å². The molecule has 2 aliphatic carbocycles. The van der Waals surface area contributed by atoms with E-state index in [1.54, 1.807) is 0 Å². The van der Waals surface area contributed by atoms with Gasteiger partial charge in [0.2, 0.25) is 11.8 Å². The third kappa shape index (κ3) is 1.09. The highest BCUT2D eigenvalue weighted by Crippen LogP contribution is 2.53. The van der Waals surface area contributed by atoms with Gasteiger partial charge in [-0.2, -0.15) is 0 Å². The van der Waals surface area contributed by atoms with E-state index in [-0.39, 0.29) is 35.5 Å². The molecule has 3 nitrogen and oxygen atoms in total. The molecule has 0 N–H and O–H groups in total. The molecule has 2 amide bonds. The summed E-state index contributed by atoms with van der Waals surface area (Å²) in [4.78, 5) is 26.3. The van der Waals surface area contributed by atoms with E-state index in [9.17, 15) is 9.59 Å². The van der Waals surface area contributed by atoms with Crippen LogP contribution in [0.2, 0.25) is 0 Å². The van der Waals surface area contributed by atoms with Crippen molar-refractivity contribution in [3.05, 3.63) is 42.5 Å². The molecule has 18 heavy (non-hydrogen) atoms. The van der Waals surface area contributed by atoms with Gasteiger partial charge in [0.15, 0.2) is 0 Å². The van der Waals surface area contributed by atoms with Gasteiger partial charge in [0.1, 0.15) is 0 Å². The van der Waals surface area contributed by atoms with E-state index in [1.165, 1.54) is 4.90 Å². The Balaban J connectivity index is 1.77. The van der Waals surface area contributed by atoms with Crippen molar-refractivity contribution in [3.63, 3.8) is 0 Å². The lowest BCUT2D eigenvalue weighted by Crippen LogP contribution is -2.32. The predicted octanol–water partition coefficient (Wildman–Crippen LogP) is 2.00. The van der Waals surface area contributed by atoms with E-state index >= 15 is 0 Å². The fraction of sp³-hybridized carbons (Fsp3) is 0.333. The van der Waals surface area contributed by atoms with Crippen LogP contribution in [-0.4, -0.2) is 11.8 Å². The van der Waals surface area contributed by atoms with Crippen LogP contribution >= 0.6 is 0 Å². The van der Waals surface area contributed by atoms with Gasteiger partial charge in [-0.1, -0.05) is 30.4 Å². The Morgan fingerprint density at radius 2 is 1.44 bits per heavy atom. The second kappa shape index (κ2) is 3.31. The summed E-state index contributed by atoms with van der Waals surface area (Å²) >= 11 is 0. The van der Waals surface area contributed by atoms with Crippen molar-refractivity contribution in [2.24, 2.45) is 23.7 Å². The molecule has 1 heterocycles. The number of benzene rings is 1. The van der Waals surface area contributed by atoms with E-state index in [0.717, 1.165) is 6.42 Å². The summed E-state index contributed by atoms with van der Waals surface area (Å²) in [6, 6.07) is 9.26. The summed E-state index contributed by atoms with van der Waals surface area (Å²) in [7, 11) is 0. The van der Waals surface area contributed by atoms with Gasteiger partial charge < -0.3 is 0 Å².